The van der Waals surface area contributed by atoms with Gasteiger partial charge in [-0.05, 0) is 0 Å². The molecule has 4 rings (SSSR count). The molecule has 0 saturated carbocycles. The second-order valence-corrected chi connectivity index (χ2v) is 8.00. The number of hydrogen-bond acceptors (Lipinski definition) is 3. The summed E-state index contributed by atoms with van der Waals surface area (Å²) in [6.45, 7) is 0. The van der Waals surface area contributed by atoms with Crippen LogP contribution in [0.25, 0.3) is 0 Å². The molecule has 2 saturated heterocycles. The van der Waals surface area contributed by atoms with Gasteiger partial charge >= 0.3 is 124 Å². The zero-order chi connectivity index (χ0) is 13.6. The molecule has 2 fully saturated rings. The van der Waals surface area contributed by atoms with Gasteiger partial charge in [-0.2, -0.15) is 0 Å². The van der Waals surface area contributed by atoms with Crippen LogP contribution in [0.4, 0.5) is 0 Å². The van der Waals surface area contributed by atoms with Crippen LogP contribution >= 0.6 is 0 Å². The number of ether oxygens (including phenoxy) is 1. The van der Waals surface area contributed by atoms with Crippen molar-refractivity contribution < 1.29 is 9.53 Å². The molecule has 104 valence electrons. The van der Waals surface area contributed by atoms with Crippen molar-refractivity contribution in [1.82, 2.24) is 4.03 Å². The van der Waals surface area contributed by atoms with Crippen LogP contribution in [-0.4, -0.2) is 41.4 Å². The third-order valence-corrected chi connectivity index (χ3v) is 6.80. The summed E-state index contributed by atoms with van der Waals surface area (Å²) in [5.41, 5.74) is 1.82. The Morgan fingerprint density at radius 2 is 2.20 bits per heavy atom. The number of carbonyl (C=O) groups excluding carboxylic acids is 1. The average Bonchev–Trinajstić information content (AvgIpc) is 2.99. The zero-order valence-electron chi connectivity index (χ0n) is 11.1. The first kappa shape index (κ1) is 12.6. The standard InChI is InChI=1S/C15H16N2O2Se/c18-14(11-5-2-1-3-6-11)17-16-13-8-4-7-12-9-10-15(13,19-12)20-17/h1-3,5-6,12H,4,7-10H2. The zero-order valence-corrected chi connectivity index (χ0v) is 12.8. The van der Waals surface area contributed by atoms with Crippen molar-refractivity contribution >= 4 is 26.8 Å². The van der Waals surface area contributed by atoms with Crippen molar-refractivity contribution in [3.63, 3.8) is 0 Å². The topological polar surface area (TPSA) is 41.9 Å². The fourth-order valence-corrected chi connectivity index (χ4v) is 5.74. The van der Waals surface area contributed by atoms with E-state index in [1.54, 1.807) is 4.03 Å². The minimum absolute atomic E-state index is 0.00704. The summed E-state index contributed by atoms with van der Waals surface area (Å²) >= 11 is -0.0612. The van der Waals surface area contributed by atoms with Crippen LogP contribution in [0.5, 0.6) is 0 Å². The summed E-state index contributed by atoms with van der Waals surface area (Å²) in [5.74, 6) is 0.00704. The molecule has 5 heteroatoms. The van der Waals surface area contributed by atoms with Crippen molar-refractivity contribution in [3.8, 4) is 0 Å². The maximum absolute atomic E-state index is 12.5. The molecule has 1 aromatic rings. The number of amides is 1. The van der Waals surface area contributed by atoms with Crippen molar-refractivity contribution in [2.75, 3.05) is 0 Å². The molecular formula is C15H16N2O2Se. The van der Waals surface area contributed by atoms with Gasteiger partial charge in [0.2, 0.25) is 0 Å². The Morgan fingerprint density at radius 3 is 3.05 bits per heavy atom. The molecule has 0 aromatic heterocycles. The van der Waals surface area contributed by atoms with E-state index in [9.17, 15) is 4.79 Å². The Morgan fingerprint density at radius 1 is 1.35 bits per heavy atom. The van der Waals surface area contributed by atoms with Crippen molar-refractivity contribution in [2.45, 2.75) is 42.7 Å². The Hall–Kier alpha value is -1.16. The summed E-state index contributed by atoms with van der Waals surface area (Å²) in [6.07, 6.45) is 5.80. The summed E-state index contributed by atoms with van der Waals surface area (Å²) in [7, 11) is 0. The fourth-order valence-electron chi connectivity index (χ4n) is 3.14. The van der Waals surface area contributed by atoms with Crippen LogP contribution in [-0.2, 0) is 4.74 Å². The Labute approximate surface area is 124 Å². The molecule has 2 unspecified atom stereocenters. The van der Waals surface area contributed by atoms with Gasteiger partial charge in [0.25, 0.3) is 0 Å². The van der Waals surface area contributed by atoms with Gasteiger partial charge in [0.05, 0.1) is 0 Å². The number of hydrogen-bond donors (Lipinski definition) is 0. The molecule has 0 radical (unpaired) electrons. The van der Waals surface area contributed by atoms with E-state index in [4.69, 9.17) is 4.74 Å². The Balaban J connectivity index is 1.62. The first-order valence-corrected chi connectivity index (χ1v) is 8.73. The number of rotatable bonds is 1. The molecule has 0 aliphatic carbocycles. The molecule has 3 aliphatic heterocycles. The molecule has 1 amide bonds. The first-order valence-electron chi connectivity index (χ1n) is 7.11. The number of carbonyl (C=O) groups is 1. The van der Waals surface area contributed by atoms with Gasteiger partial charge in [0.1, 0.15) is 0 Å². The molecular weight excluding hydrogens is 319 g/mol. The molecule has 4 nitrogen and oxygen atoms in total. The molecule has 0 N–H and O–H groups in total. The average molecular weight is 335 g/mol. The number of benzene rings is 1. The van der Waals surface area contributed by atoms with Gasteiger partial charge in [-0.1, -0.05) is 0 Å². The normalized spacial score (nSPS) is 31.7. The van der Waals surface area contributed by atoms with E-state index in [0.717, 1.165) is 37.8 Å². The van der Waals surface area contributed by atoms with Gasteiger partial charge in [-0.25, -0.2) is 0 Å². The summed E-state index contributed by atoms with van der Waals surface area (Å²) in [5, 5.41) is 4.62. The molecule has 2 bridgehead atoms. The second kappa shape index (κ2) is 4.69. The molecule has 1 spiro atoms. The molecule has 3 heterocycles. The second-order valence-electron chi connectivity index (χ2n) is 5.51. The third kappa shape index (κ3) is 1.93. The predicted molar refractivity (Wildman–Crippen MR) is 76.5 cm³/mol. The van der Waals surface area contributed by atoms with Crippen LogP contribution in [0, 0.1) is 0 Å². The van der Waals surface area contributed by atoms with E-state index in [1.807, 2.05) is 30.3 Å². The van der Waals surface area contributed by atoms with Crippen LogP contribution < -0.4 is 0 Å². The van der Waals surface area contributed by atoms with Crippen molar-refractivity contribution in [3.05, 3.63) is 35.9 Å². The van der Waals surface area contributed by atoms with E-state index in [1.165, 1.54) is 0 Å². The van der Waals surface area contributed by atoms with E-state index < -0.39 is 0 Å². The fraction of sp³-hybridized carbons (Fsp3) is 0.467. The SMILES string of the molecule is O=C(c1ccccc1)N1N=C2CCCC3CCC2(O3)[Se]1. The molecule has 3 aliphatic rings. The van der Waals surface area contributed by atoms with Crippen LogP contribution in [0.3, 0.4) is 0 Å². The molecule has 2 atom stereocenters. The van der Waals surface area contributed by atoms with E-state index in [0.29, 0.717) is 11.7 Å². The summed E-state index contributed by atoms with van der Waals surface area (Å²) in [4.78, 5) is 12.5. The van der Waals surface area contributed by atoms with Crippen LogP contribution in [0.1, 0.15) is 42.5 Å². The quantitative estimate of drug-likeness (QED) is 0.738. The van der Waals surface area contributed by atoms with Gasteiger partial charge in [-0.15, -0.1) is 0 Å². The monoisotopic (exact) mass is 336 g/mol. The van der Waals surface area contributed by atoms with Gasteiger partial charge in [0.15, 0.2) is 0 Å². The number of nitrogens with zero attached hydrogens (tertiary/aromatic N) is 2. The Bertz CT molecular complexity index is 574. The van der Waals surface area contributed by atoms with Gasteiger partial charge < -0.3 is 0 Å². The first-order chi connectivity index (χ1) is 9.77. The van der Waals surface area contributed by atoms with Gasteiger partial charge in [0, 0.05) is 0 Å². The third-order valence-electron chi connectivity index (χ3n) is 4.17. The molecule has 1 aromatic carbocycles. The summed E-state index contributed by atoms with van der Waals surface area (Å²) < 4.78 is 7.72. The van der Waals surface area contributed by atoms with E-state index in [-0.39, 0.29) is 25.6 Å². The number of hydrazone groups is 1. The number of fused-ring (bicyclic) bond motifs is 1. The van der Waals surface area contributed by atoms with Crippen molar-refractivity contribution in [2.24, 2.45) is 5.10 Å². The predicted octanol–water partition coefficient (Wildman–Crippen LogP) is 2.18. The van der Waals surface area contributed by atoms with Crippen LogP contribution in [0.2, 0.25) is 0 Å². The Kier molecular flexibility index (Phi) is 2.95. The van der Waals surface area contributed by atoms with Crippen LogP contribution in [0.15, 0.2) is 35.4 Å². The van der Waals surface area contributed by atoms with E-state index in [2.05, 4.69) is 5.10 Å². The van der Waals surface area contributed by atoms with E-state index >= 15 is 0 Å². The van der Waals surface area contributed by atoms with Gasteiger partial charge in [-0.3, -0.25) is 0 Å². The van der Waals surface area contributed by atoms with Crippen molar-refractivity contribution in [1.29, 1.82) is 0 Å². The molecule has 20 heavy (non-hydrogen) atoms. The minimum atomic E-state index is -0.210. The summed E-state index contributed by atoms with van der Waals surface area (Å²) in [6, 6.07) is 9.40. The maximum atomic E-state index is 12.5.